The summed E-state index contributed by atoms with van der Waals surface area (Å²) in [5.74, 6) is 1.97. The van der Waals surface area contributed by atoms with E-state index < -0.39 is 0 Å². The zero-order valence-electron chi connectivity index (χ0n) is 12.0. The molecule has 20 heavy (non-hydrogen) atoms. The monoisotopic (exact) mass is 300 g/mol. The maximum absolute atomic E-state index is 5.88. The summed E-state index contributed by atoms with van der Waals surface area (Å²) in [4.78, 5) is 0. The van der Waals surface area contributed by atoms with Gasteiger partial charge in [0.2, 0.25) is 0 Å². The summed E-state index contributed by atoms with van der Waals surface area (Å²) in [6, 6.07) is 4.03. The average molecular weight is 301 g/mol. The SMILES string of the molecule is COc1cc2c(cc1OC)C(COCCCl)OCCC2. The van der Waals surface area contributed by atoms with Crippen molar-refractivity contribution < 1.29 is 18.9 Å². The van der Waals surface area contributed by atoms with Gasteiger partial charge in [0.05, 0.1) is 27.4 Å². The van der Waals surface area contributed by atoms with Gasteiger partial charge >= 0.3 is 0 Å². The lowest BCUT2D eigenvalue weighted by molar-refractivity contribution is -0.0120. The van der Waals surface area contributed by atoms with Crippen molar-refractivity contribution in [2.75, 3.05) is 39.9 Å². The van der Waals surface area contributed by atoms with Crippen LogP contribution in [0.1, 0.15) is 23.7 Å². The van der Waals surface area contributed by atoms with Crippen LogP contribution in [0.15, 0.2) is 12.1 Å². The predicted molar refractivity (Wildman–Crippen MR) is 78.1 cm³/mol. The first-order valence-corrected chi connectivity index (χ1v) is 7.33. The smallest absolute Gasteiger partial charge is 0.161 e. The van der Waals surface area contributed by atoms with Crippen molar-refractivity contribution in [3.05, 3.63) is 23.3 Å². The lowest BCUT2D eigenvalue weighted by Gasteiger charge is -2.20. The third-order valence-electron chi connectivity index (χ3n) is 3.39. The second-order valence-electron chi connectivity index (χ2n) is 4.63. The number of hydrogen-bond donors (Lipinski definition) is 0. The number of alkyl halides is 1. The summed E-state index contributed by atoms with van der Waals surface area (Å²) in [5, 5.41) is 0. The van der Waals surface area contributed by atoms with Crippen LogP contribution in [0.5, 0.6) is 11.5 Å². The van der Waals surface area contributed by atoms with E-state index in [1.807, 2.05) is 12.1 Å². The first kappa shape index (κ1) is 15.4. The van der Waals surface area contributed by atoms with Crippen molar-refractivity contribution in [2.45, 2.75) is 18.9 Å². The minimum Gasteiger partial charge on any atom is -0.493 e. The zero-order valence-corrected chi connectivity index (χ0v) is 12.7. The number of rotatable bonds is 6. The van der Waals surface area contributed by atoms with Crippen molar-refractivity contribution in [3.63, 3.8) is 0 Å². The molecule has 1 heterocycles. The van der Waals surface area contributed by atoms with Gasteiger partial charge in [-0.1, -0.05) is 0 Å². The van der Waals surface area contributed by atoms with Crippen molar-refractivity contribution in [3.8, 4) is 11.5 Å². The highest BCUT2D eigenvalue weighted by molar-refractivity contribution is 6.17. The minimum atomic E-state index is -0.0736. The molecule has 0 saturated heterocycles. The fraction of sp³-hybridized carbons (Fsp3) is 0.600. The van der Waals surface area contributed by atoms with E-state index in [1.165, 1.54) is 5.56 Å². The molecule has 1 atom stereocenters. The molecule has 112 valence electrons. The molecule has 0 saturated carbocycles. The fourth-order valence-corrected chi connectivity index (χ4v) is 2.52. The minimum absolute atomic E-state index is 0.0736. The first-order chi connectivity index (χ1) is 9.80. The standard InChI is InChI=1S/C15H21ClO4/c1-17-13-8-11-4-3-6-20-15(10-19-7-5-16)12(11)9-14(13)18-2/h8-9,15H,3-7,10H2,1-2H3. The Morgan fingerprint density at radius 2 is 2.00 bits per heavy atom. The summed E-state index contributed by atoms with van der Waals surface area (Å²) in [6.07, 6.45) is 1.89. The maximum atomic E-state index is 5.88. The normalized spacial score (nSPS) is 18.2. The summed E-state index contributed by atoms with van der Waals surface area (Å²) in [7, 11) is 3.29. The number of aryl methyl sites for hydroxylation is 1. The number of benzene rings is 1. The molecule has 0 N–H and O–H groups in total. The van der Waals surface area contributed by atoms with Crippen molar-refractivity contribution in [2.24, 2.45) is 0 Å². The molecule has 4 nitrogen and oxygen atoms in total. The molecule has 0 fully saturated rings. The summed E-state index contributed by atoms with van der Waals surface area (Å²) in [5.41, 5.74) is 2.36. The lowest BCUT2D eigenvalue weighted by Crippen LogP contribution is -2.13. The van der Waals surface area contributed by atoms with Gasteiger partial charge in [0.1, 0.15) is 6.10 Å². The summed E-state index contributed by atoms with van der Waals surface area (Å²) >= 11 is 5.64. The molecule has 0 spiro atoms. The van der Waals surface area contributed by atoms with Crippen molar-refractivity contribution >= 4 is 11.6 Å². The Labute approximate surface area is 124 Å². The van der Waals surface area contributed by atoms with E-state index in [4.69, 9.17) is 30.5 Å². The Balaban J connectivity index is 2.27. The van der Waals surface area contributed by atoms with Crippen molar-refractivity contribution in [1.29, 1.82) is 0 Å². The number of methoxy groups -OCH3 is 2. The van der Waals surface area contributed by atoms with E-state index in [2.05, 4.69) is 0 Å². The third kappa shape index (κ3) is 3.57. The van der Waals surface area contributed by atoms with Gasteiger partial charge in [0.15, 0.2) is 11.5 Å². The number of ether oxygens (including phenoxy) is 4. The molecule has 1 aliphatic rings. The van der Waals surface area contributed by atoms with E-state index in [0.717, 1.165) is 36.5 Å². The van der Waals surface area contributed by atoms with E-state index >= 15 is 0 Å². The second kappa shape index (κ2) is 7.72. The molecule has 1 aromatic rings. The van der Waals surface area contributed by atoms with Crippen LogP contribution in [-0.2, 0) is 15.9 Å². The van der Waals surface area contributed by atoms with Gasteiger partial charge in [-0.25, -0.2) is 0 Å². The second-order valence-corrected chi connectivity index (χ2v) is 5.01. The van der Waals surface area contributed by atoms with Crippen LogP contribution in [0.2, 0.25) is 0 Å². The molecule has 1 aromatic carbocycles. The predicted octanol–water partition coefficient (Wildman–Crippen LogP) is 2.96. The highest BCUT2D eigenvalue weighted by atomic mass is 35.5. The quantitative estimate of drug-likeness (QED) is 0.598. The van der Waals surface area contributed by atoms with Crippen LogP contribution in [0, 0.1) is 0 Å². The van der Waals surface area contributed by atoms with E-state index in [-0.39, 0.29) is 6.10 Å². The van der Waals surface area contributed by atoms with E-state index in [0.29, 0.717) is 19.1 Å². The highest BCUT2D eigenvalue weighted by Gasteiger charge is 2.22. The Morgan fingerprint density at radius 3 is 2.70 bits per heavy atom. The summed E-state index contributed by atoms with van der Waals surface area (Å²) in [6.45, 7) is 1.77. The molecule has 2 rings (SSSR count). The average Bonchev–Trinajstić information content (AvgIpc) is 2.68. The molecular weight excluding hydrogens is 280 g/mol. The van der Waals surface area contributed by atoms with Gasteiger partial charge in [-0.2, -0.15) is 0 Å². The highest BCUT2D eigenvalue weighted by Crippen LogP contribution is 2.36. The number of halogens is 1. The van der Waals surface area contributed by atoms with Crippen LogP contribution in [-0.4, -0.2) is 39.9 Å². The van der Waals surface area contributed by atoms with Crippen LogP contribution in [0.4, 0.5) is 0 Å². The van der Waals surface area contributed by atoms with Crippen LogP contribution >= 0.6 is 11.6 Å². The number of fused-ring (bicyclic) bond motifs is 1. The van der Waals surface area contributed by atoms with Crippen LogP contribution < -0.4 is 9.47 Å². The molecule has 1 aliphatic heterocycles. The maximum Gasteiger partial charge on any atom is 0.161 e. The van der Waals surface area contributed by atoms with Crippen molar-refractivity contribution in [1.82, 2.24) is 0 Å². The molecule has 0 aromatic heterocycles. The van der Waals surface area contributed by atoms with Crippen LogP contribution in [0.25, 0.3) is 0 Å². The van der Waals surface area contributed by atoms with Gasteiger partial charge in [-0.15, -0.1) is 11.6 Å². The third-order valence-corrected chi connectivity index (χ3v) is 3.55. The first-order valence-electron chi connectivity index (χ1n) is 6.80. The largest absolute Gasteiger partial charge is 0.493 e. The Bertz CT molecular complexity index is 436. The van der Waals surface area contributed by atoms with E-state index in [9.17, 15) is 0 Å². The fourth-order valence-electron chi connectivity index (χ4n) is 2.41. The van der Waals surface area contributed by atoms with E-state index in [1.54, 1.807) is 14.2 Å². The molecule has 0 radical (unpaired) electrons. The Hall–Kier alpha value is -0.970. The topological polar surface area (TPSA) is 36.9 Å². The van der Waals surface area contributed by atoms with Gasteiger partial charge in [-0.05, 0) is 36.1 Å². The van der Waals surface area contributed by atoms with Gasteiger partial charge in [0, 0.05) is 12.5 Å². The number of hydrogen-bond acceptors (Lipinski definition) is 4. The molecular formula is C15H21ClO4. The van der Waals surface area contributed by atoms with Crippen LogP contribution in [0.3, 0.4) is 0 Å². The molecule has 0 aliphatic carbocycles. The Morgan fingerprint density at radius 1 is 1.25 bits per heavy atom. The molecule has 5 heteroatoms. The summed E-state index contributed by atoms with van der Waals surface area (Å²) < 4.78 is 22.2. The van der Waals surface area contributed by atoms with Gasteiger partial charge in [0.25, 0.3) is 0 Å². The molecule has 1 unspecified atom stereocenters. The van der Waals surface area contributed by atoms with Gasteiger partial charge in [-0.3, -0.25) is 0 Å². The Kier molecular flexibility index (Phi) is 5.95. The molecule has 0 amide bonds. The lowest BCUT2D eigenvalue weighted by atomic mass is 9.99. The zero-order chi connectivity index (χ0) is 14.4. The molecule has 0 bridgehead atoms. The van der Waals surface area contributed by atoms with Gasteiger partial charge < -0.3 is 18.9 Å².